The molecule has 5 rings (SSSR count). The molecule has 7 nitrogen and oxygen atoms in total. The Labute approximate surface area is 202 Å². The maximum Gasteiger partial charge on any atom is 0.258 e. The van der Waals surface area contributed by atoms with Crippen LogP contribution < -0.4 is 9.47 Å². The van der Waals surface area contributed by atoms with E-state index in [9.17, 15) is 5.11 Å². The van der Waals surface area contributed by atoms with Gasteiger partial charge in [-0.25, -0.2) is 4.98 Å². The van der Waals surface area contributed by atoms with Crippen LogP contribution in [0.2, 0.25) is 5.02 Å². The molecular weight excluding hydrogens is 454 g/mol. The number of aromatic nitrogens is 2. The van der Waals surface area contributed by atoms with Crippen molar-refractivity contribution in [3.8, 4) is 22.8 Å². The monoisotopic (exact) mass is 479 g/mol. The zero-order valence-electron chi connectivity index (χ0n) is 18.6. The molecule has 1 atom stereocenters. The van der Waals surface area contributed by atoms with Gasteiger partial charge in [0.2, 0.25) is 0 Å². The summed E-state index contributed by atoms with van der Waals surface area (Å²) in [5.41, 5.74) is 2.10. The molecule has 2 aromatic heterocycles. The topological polar surface area (TPSA) is 80.8 Å². The summed E-state index contributed by atoms with van der Waals surface area (Å²) in [4.78, 5) is 6.43. The molecular formula is C26H26ClN3O4. The van der Waals surface area contributed by atoms with Crippen molar-refractivity contribution in [3.05, 3.63) is 71.9 Å². The van der Waals surface area contributed by atoms with Gasteiger partial charge in [-0.2, -0.15) is 0 Å². The fraction of sp³-hybridized carbons (Fsp3) is 0.308. The first kappa shape index (κ1) is 22.7. The smallest absolute Gasteiger partial charge is 0.258 e. The van der Waals surface area contributed by atoms with Crippen molar-refractivity contribution in [1.82, 2.24) is 15.0 Å². The third-order valence-electron chi connectivity index (χ3n) is 5.90. The molecule has 1 fully saturated rings. The molecule has 34 heavy (non-hydrogen) atoms. The van der Waals surface area contributed by atoms with E-state index in [-0.39, 0.29) is 12.7 Å². The van der Waals surface area contributed by atoms with Crippen LogP contribution in [-0.4, -0.2) is 58.6 Å². The van der Waals surface area contributed by atoms with E-state index in [4.69, 9.17) is 25.6 Å². The number of ether oxygens (including phenoxy) is 2. The van der Waals surface area contributed by atoms with Gasteiger partial charge in [-0.1, -0.05) is 35.0 Å². The molecule has 2 aromatic carbocycles. The second kappa shape index (κ2) is 10.4. The molecule has 0 radical (unpaired) electrons. The molecule has 1 N–H and O–H groups in total. The number of aliphatic hydroxyl groups is 1. The lowest BCUT2D eigenvalue weighted by Crippen LogP contribution is -2.43. The zero-order valence-corrected chi connectivity index (χ0v) is 19.4. The maximum atomic E-state index is 10.5. The first-order valence-electron chi connectivity index (χ1n) is 11.4. The van der Waals surface area contributed by atoms with Gasteiger partial charge in [0.1, 0.15) is 36.0 Å². The van der Waals surface area contributed by atoms with Gasteiger partial charge in [-0.15, -0.1) is 0 Å². The largest absolute Gasteiger partial charge is 0.491 e. The van der Waals surface area contributed by atoms with E-state index in [0.717, 1.165) is 48.3 Å². The quantitative estimate of drug-likeness (QED) is 0.387. The van der Waals surface area contributed by atoms with Crippen LogP contribution in [0.1, 0.15) is 12.8 Å². The fourth-order valence-corrected chi connectivity index (χ4v) is 4.39. The molecule has 0 aliphatic carbocycles. The van der Waals surface area contributed by atoms with Crippen molar-refractivity contribution in [1.29, 1.82) is 0 Å². The molecule has 3 heterocycles. The van der Waals surface area contributed by atoms with Crippen LogP contribution in [0.3, 0.4) is 0 Å². The van der Waals surface area contributed by atoms with Crippen LogP contribution in [0.15, 0.2) is 71.4 Å². The Kier molecular flexibility index (Phi) is 6.94. The standard InChI is InChI=1S/C26H26ClN3O4/c27-19-5-2-7-23(15-19)33-21-9-12-30(13-10-21)16-20(31)17-32-22-6-1-4-18(14-22)25-24-8-3-11-28-26(24)34-29-25/h1-8,11,14-15,20-21,31H,9-10,12-13,16-17H2/t20-/m1/s1. The second-order valence-electron chi connectivity index (χ2n) is 8.46. The van der Waals surface area contributed by atoms with E-state index in [0.29, 0.717) is 23.0 Å². The van der Waals surface area contributed by atoms with Crippen molar-refractivity contribution in [3.63, 3.8) is 0 Å². The summed E-state index contributed by atoms with van der Waals surface area (Å²) in [6, 6.07) is 18.9. The number of halogens is 1. The van der Waals surface area contributed by atoms with Gasteiger partial charge in [-0.3, -0.25) is 0 Å². The molecule has 1 saturated heterocycles. The van der Waals surface area contributed by atoms with E-state index in [1.807, 2.05) is 60.7 Å². The highest BCUT2D eigenvalue weighted by Crippen LogP contribution is 2.29. The number of benzene rings is 2. The number of β-amino-alcohol motifs (C(OH)–C–C–N with tert-alkyl or cyclic N) is 1. The number of fused-ring (bicyclic) bond motifs is 1. The molecule has 1 aliphatic rings. The molecule has 0 spiro atoms. The summed E-state index contributed by atoms with van der Waals surface area (Å²) >= 11 is 6.04. The molecule has 0 amide bonds. The van der Waals surface area contributed by atoms with Gasteiger partial charge < -0.3 is 24.0 Å². The van der Waals surface area contributed by atoms with E-state index in [1.54, 1.807) is 6.20 Å². The minimum Gasteiger partial charge on any atom is -0.491 e. The fourth-order valence-electron chi connectivity index (χ4n) is 4.21. The molecule has 8 heteroatoms. The number of piperidine rings is 1. The number of likely N-dealkylation sites (tertiary alicyclic amines) is 1. The summed E-state index contributed by atoms with van der Waals surface area (Å²) < 4.78 is 17.2. The Balaban J connectivity index is 1.10. The Bertz CT molecular complexity index is 1240. The highest BCUT2D eigenvalue weighted by Gasteiger charge is 2.22. The van der Waals surface area contributed by atoms with Crippen LogP contribution in [0.4, 0.5) is 0 Å². The van der Waals surface area contributed by atoms with Crippen molar-refractivity contribution in [2.75, 3.05) is 26.2 Å². The molecule has 0 unspecified atom stereocenters. The van der Waals surface area contributed by atoms with Crippen molar-refractivity contribution >= 4 is 22.7 Å². The SMILES string of the molecule is O[C@@H](COc1cccc(-c2noc3ncccc23)c1)CN1CCC(Oc2cccc(Cl)c2)CC1. The number of rotatable bonds is 8. The normalized spacial score (nSPS) is 15.9. The van der Waals surface area contributed by atoms with Crippen LogP contribution >= 0.6 is 11.6 Å². The molecule has 0 bridgehead atoms. The van der Waals surface area contributed by atoms with Crippen LogP contribution in [0.25, 0.3) is 22.4 Å². The van der Waals surface area contributed by atoms with Crippen LogP contribution in [0, 0.1) is 0 Å². The van der Waals surface area contributed by atoms with E-state index < -0.39 is 6.10 Å². The number of aliphatic hydroxyl groups excluding tert-OH is 1. The van der Waals surface area contributed by atoms with Gasteiger partial charge in [0.05, 0.1) is 5.39 Å². The zero-order chi connectivity index (χ0) is 23.3. The lowest BCUT2D eigenvalue weighted by Gasteiger charge is -2.33. The average Bonchev–Trinajstić information content (AvgIpc) is 3.29. The highest BCUT2D eigenvalue weighted by atomic mass is 35.5. The number of hydrogen-bond acceptors (Lipinski definition) is 7. The Morgan fingerprint density at radius 3 is 2.74 bits per heavy atom. The van der Waals surface area contributed by atoms with Gasteiger partial charge in [0.25, 0.3) is 5.71 Å². The van der Waals surface area contributed by atoms with E-state index in [2.05, 4.69) is 15.0 Å². The van der Waals surface area contributed by atoms with Gasteiger partial charge in [-0.05, 0) is 55.3 Å². The van der Waals surface area contributed by atoms with Crippen molar-refractivity contribution < 1.29 is 19.1 Å². The summed E-state index contributed by atoms with van der Waals surface area (Å²) in [5.74, 6) is 1.47. The Morgan fingerprint density at radius 1 is 1.06 bits per heavy atom. The molecule has 1 aliphatic heterocycles. The van der Waals surface area contributed by atoms with E-state index >= 15 is 0 Å². The summed E-state index contributed by atoms with van der Waals surface area (Å²) in [5, 5.41) is 16.2. The Hall–Kier alpha value is -3.13. The minimum atomic E-state index is -0.592. The lowest BCUT2D eigenvalue weighted by atomic mass is 10.1. The third-order valence-corrected chi connectivity index (χ3v) is 6.14. The predicted molar refractivity (Wildman–Crippen MR) is 130 cm³/mol. The number of pyridine rings is 1. The summed E-state index contributed by atoms with van der Waals surface area (Å²) in [7, 11) is 0. The van der Waals surface area contributed by atoms with Crippen molar-refractivity contribution in [2.45, 2.75) is 25.0 Å². The first-order chi connectivity index (χ1) is 16.6. The summed E-state index contributed by atoms with van der Waals surface area (Å²) in [6.07, 6.45) is 3.05. The third kappa shape index (κ3) is 5.50. The minimum absolute atomic E-state index is 0.161. The van der Waals surface area contributed by atoms with Crippen LogP contribution in [-0.2, 0) is 0 Å². The van der Waals surface area contributed by atoms with Crippen LogP contribution in [0.5, 0.6) is 11.5 Å². The average molecular weight is 480 g/mol. The lowest BCUT2D eigenvalue weighted by molar-refractivity contribution is 0.0402. The maximum absolute atomic E-state index is 10.5. The molecule has 4 aromatic rings. The van der Waals surface area contributed by atoms with Crippen molar-refractivity contribution in [2.24, 2.45) is 0 Å². The first-order valence-corrected chi connectivity index (χ1v) is 11.8. The Morgan fingerprint density at radius 2 is 1.88 bits per heavy atom. The summed E-state index contributed by atoms with van der Waals surface area (Å²) in [6.45, 7) is 2.50. The number of hydrogen-bond donors (Lipinski definition) is 1. The predicted octanol–water partition coefficient (Wildman–Crippen LogP) is 4.83. The molecule has 176 valence electrons. The van der Waals surface area contributed by atoms with Gasteiger partial charge >= 0.3 is 0 Å². The number of nitrogens with zero attached hydrogens (tertiary/aromatic N) is 3. The van der Waals surface area contributed by atoms with E-state index in [1.165, 1.54) is 0 Å². The van der Waals surface area contributed by atoms with Gasteiger partial charge in [0.15, 0.2) is 0 Å². The van der Waals surface area contributed by atoms with Gasteiger partial charge in [0, 0.05) is 36.4 Å². The molecule has 0 saturated carbocycles. The highest BCUT2D eigenvalue weighted by molar-refractivity contribution is 6.30. The second-order valence-corrected chi connectivity index (χ2v) is 8.89.